The van der Waals surface area contributed by atoms with Crippen molar-refractivity contribution in [3.05, 3.63) is 35.4 Å². The monoisotopic (exact) mass is 252 g/mol. The summed E-state index contributed by atoms with van der Waals surface area (Å²) in [5, 5.41) is 1.16. The number of halogens is 1. The van der Waals surface area contributed by atoms with Crippen molar-refractivity contribution < 1.29 is 0 Å². The molecule has 0 nitrogen and oxygen atoms in total. The fraction of sp³-hybridized carbons (Fsp3) is 0.538. The zero-order chi connectivity index (χ0) is 10.0. The van der Waals surface area contributed by atoms with Gasteiger partial charge in [0.25, 0.3) is 0 Å². The maximum atomic E-state index is 3.62. The third-order valence-electron chi connectivity index (χ3n) is 3.25. The molecule has 0 aliphatic heterocycles. The molecule has 0 bridgehead atoms. The Labute approximate surface area is 94.8 Å². The number of hydrogen-bond acceptors (Lipinski definition) is 0. The minimum atomic E-state index is 0.605. The highest BCUT2D eigenvalue weighted by Crippen LogP contribution is 2.49. The van der Waals surface area contributed by atoms with E-state index in [-0.39, 0.29) is 0 Å². The average molecular weight is 253 g/mol. The van der Waals surface area contributed by atoms with Crippen LogP contribution >= 0.6 is 15.9 Å². The van der Waals surface area contributed by atoms with E-state index in [1.807, 2.05) is 0 Å². The van der Waals surface area contributed by atoms with E-state index in [9.17, 15) is 0 Å². The molecular weight excluding hydrogens is 236 g/mol. The molecule has 1 aromatic carbocycles. The fourth-order valence-electron chi connectivity index (χ4n) is 1.86. The van der Waals surface area contributed by atoms with Crippen LogP contribution in [0.4, 0.5) is 0 Å². The second-order valence-corrected chi connectivity index (χ2v) is 5.04. The lowest BCUT2D eigenvalue weighted by Crippen LogP contribution is -2.06. The topological polar surface area (TPSA) is 0 Å². The summed E-state index contributed by atoms with van der Waals surface area (Å²) in [6.45, 7) is 2.20. The molecular formula is C13H17Br. The van der Waals surface area contributed by atoms with E-state index < -0.39 is 0 Å². The van der Waals surface area contributed by atoms with Crippen molar-refractivity contribution in [3.8, 4) is 0 Å². The summed E-state index contributed by atoms with van der Waals surface area (Å²) in [6.07, 6.45) is 5.19. The minimum Gasteiger partial charge on any atom is -0.0922 e. The van der Waals surface area contributed by atoms with Gasteiger partial charge in [0, 0.05) is 5.33 Å². The summed E-state index contributed by atoms with van der Waals surface area (Å²) in [5.74, 6) is 0. The van der Waals surface area contributed by atoms with Crippen molar-refractivity contribution in [2.75, 3.05) is 5.33 Å². The molecule has 0 radical (unpaired) electrons. The molecule has 0 amide bonds. The highest BCUT2D eigenvalue weighted by molar-refractivity contribution is 9.09. The molecule has 0 N–H and O–H groups in total. The van der Waals surface area contributed by atoms with Gasteiger partial charge in [-0.2, -0.15) is 0 Å². The predicted molar refractivity (Wildman–Crippen MR) is 65.0 cm³/mol. The van der Waals surface area contributed by atoms with E-state index in [1.165, 1.54) is 30.4 Å². The van der Waals surface area contributed by atoms with Crippen LogP contribution in [0.3, 0.4) is 0 Å². The summed E-state index contributed by atoms with van der Waals surface area (Å²) >= 11 is 3.62. The molecule has 0 atom stereocenters. The molecule has 2 rings (SSSR count). The molecule has 1 aliphatic carbocycles. The van der Waals surface area contributed by atoms with Crippen LogP contribution in [0.5, 0.6) is 0 Å². The Kier molecular flexibility index (Phi) is 2.96. The van der Waals surface area contributed by atoms with Gasteiger partial charge in [0.15, 0.2) is 0 Å². The lowest BCUT2D eigenvalue weighted by molar-refractivity contribution is 0.586. The first-order chi connectivity index (χ1) is 6.78. The summed E-state index contributed by atoms with van der Waals surface area (Å²) in [5.41, 5.74) is 3.55. The molecule has 1 heteroatoms. The SMILES string of the molecule is CCc1ccc(CC2(CBr)CC2)cc1. The lowest BCUT2D eigenvalue weighted by atomic mass is 9.97. The van der Waals surface area contributed by atoms with E-state index in [0.29, 0.717) is 5.41 Å². The Bertz CT molecular complexity index is 296. The average Bonchev–Trinajstić information content (AvgIpc) is 3.00. The molecule has 1 aliphatic rings. The van der Waals surface area contributed by atoms with Gasteiger partial charge in [0.1, 0.15) is 0 Å². The zero-order valence-electron chi connectivity index (χ0n) is 8.72. The van der Waals surface area contributed by atoms with Crippen molar-refractivity contribution in [3.63, 3.8) is 0 Å². The van der Waals surface area contributed by atoms with Crippen molar-refractivity contribution >= 4 is 15.9 Å². The zero-order valence-corrected chi connectivity index (χ0v) is 10.3. The van der Waals surface area contributed by atoms with Gasteiger partial charge in [-0.15, -0.1) is 0 Å². The van der Waals surface area contributed by atoms with E-state index in [2.05, 4.69) is 47.1 Å². The Balaban J connectivity index is 2.03. The lowest BCUT2D eigenvalue weighted by Gasteiger charge is -2.11. The molecule has 0 heterocycles. The van der Waals surface area contributed by atoms with Crippen LogP contribution in [0.15, 0.2) is 24.3 Å². The van der Waals surface area contributed by atoms with Crippen molar-refractivity contribution in [2.45, 2.75) is 32.6 Å². The quantitative estimate of drug-likeness (QED) is 0.712. The number of rotatable bonds is 4. The van der Waals surface area contributed by atoms with E-state index in [0.717, 1.165) is 11.8 Å². The highest BCUT2D eigenvalue weighted by Gasteiger charge is 2.41. The molecule has 0 aromatic heterocycles. The number of aryl methyl sites for hydroxylation is 1. The summed E-state index contributed by atoms with van der Waals surface area (Å²) < 4.78 is 0. The Hall–Kier alpha value is -0.300. The van der Waals surface area contributed by atoms with Gasteiger partial charge in [0.05, 0.1) is 0 Å². The Morgan fingerprint density at radius 3 is 2.14 bits per heavy atom. The molecule has 0 spiro atoms. The number of benzene rings is 1. The van der Waals surface area contributed by atoms with Crippen molar-refractivity contribution in [1.29, 1.82) is 0 Å². The van der Waals surface area contributed by atoms with Crippen LogP contribution in [0.25, 0.3) is 0 Å². The normalized spacial score (nSPS) is 18.1. The maximum Gasteiger partial charge on any atom is 0.00911 e. The standard InChI is InChI=1S/C13H17Br/c1-2-11-3-5-12(6-4-11)9-13(10-14)7-8-13/h3-6H,2,7-10H2,1H3. The third-order valence-corrected chi connectivity index (χ3v) is 4.44. The van der Waals surface area contributed by atoms with E-state index in [1.54, 1.807) is 0 Å². The van der Waals surface area contributed by atoms with Gasteiger partial charge in [-0.3, -0.25) is 0 Å². The number of alkyl halides is 1. The first-order valence-electron chi connectivity index (χ1n) is 5.42. The van der Waals surface area contributed by atoms with Crippen LogP contribution in [-0.2, 0) is 12.8 Å². The van der Waals surface area contributed by atoms with Crippen molar-refractivity contribution in [2.24, 2.45) is 5.41 Å². The largest absolute Gasteiger partial charge is 0.0922 e. The van der Waals surface area contributed by atoms with Crippen LogP contribution in [-0.4, -0.2) is 5.33 Å². The first kappa shape index (κ1) is 10.2. The maximum absolute atomic E-state index is 3.62. The van der Waals surface area contributed by atoms with Crippen LogP contribution < -0.4 is 0 Å². The van der Waals surface area contributed by atoms with Crippen LogP contribution in [0.2, 0.25) is 0 Å². The number of hydrogen-bond donors (Lipinski definition) is 0. The molecule has 0 saturated heterocycles. The molecule has 76 valence electrons. The Morgan fingerprint density at radius 2 is 1.71 bits per heavy atom. The first-order valence-corrected chi connectivity index (χ1v) is 6.54. The van der Waals surface area contributed by atoms with Gasteiger partial charge in [-0.25, -0.2) is 0 Å². The van der Waals surface area contributed by atoms with Gasteiger partial charge < -0.3 is 0 Å². The third kappa shape index (κ3) is 2.20. The van der Waals surface area contributed by atoms with Gasteiger partial charge >= 0.3 is 0 Å². The minimum absolute atomic E-state index is 0.605. The van der Waals surface area contributed by atoms with Crippen LogP contribution in [0.1, 0.15) is 30.9 Å². The second-order valence-electron chi connectivity index (χ2n) is 4.48. The molecule has 1 fully saturated rings. The Morgan fingerprint density at radius 1 is 1.14 bits per heavy atom. The summed E-state index contributed by atoms with van der Waals surface area (Å²) in [6, 6.07) is 9.11. The van der Waals surface area contributed by atoms with E-state index in [4.69, 9.17) is 0 Å². The van der Waals surface area contributed by atoms with Gasteiger partial charge in [-0.1, -0.05) is 47.1 Å². The second kappa shape index (κ2) is 4.06. The summed E-state index contributed by atoms with van der Waals surface area (Å²) in [7, 11) is 0. The van der Waals surface area contributed by atoms with E-state index >= 15 is 0 Å². The molecule has 0 unspecified atom stereocenters. The van der Waals surface area contributed by atoms with Gasteiger partial charge in [0.2, 0.25) is 0 Å². The van der Waals surface area contributed by atoms with Gasteiger partial charge in [-0.05, 0) is 42.2 Å². The summed E-state index contributed by atoms with van der Waals surface area (Å²) in [4.78, 5) is 0. The predicted octanol–water partition coefficient (Wildman–Crippen LogP) is 3.97. The highest BCUT2D eigenvalue weighted by atomic mass is 79.9. The fourth-order valence-corrected chi connectivity index (χ4v) is 2.62. The molecule has 1 aromatic rings. The van der Waals surface area contributed by atoms with Crippen LogP contribution in [0, 0.1) is 5.41 Å². The molecule has 14 heavy (non-hydrogen) atoms. The smallest absolute Gasteiger partial charge is 0.00911 e. The molecule has 1 saturated carbocycles. The van der Waals surface area contributed by atoms with Crippen molar-refractivity contribution in [1.82, 2.24) is 0 Å².